The third-order valence-electron chi connectivity index (χ3n) is 14.6. The second kappa shape index (κ2) is 14.0. The number of hydrogen-bond donors (Lipinski definition) is 0. The maximum Gasteiger partial charge on any atom is 0.333 e. The van der Waals surface area contributed by atoms with E-state index >= 15 is 0 Å². The van der Waals surface area contributed by atoms with Crippen LogP contribution in [0.4, 0.5) is 0 Å². The van der Waals surface area contributed by atoms with Crippen molar-refractivity contribution in [2.45, 2.75) is 144 Å². The second-order valence-electron chi connectivity index (χ2n) is 17.5. The summed E-state index contributed by atoms with van der Waals surface area (Å²) in [6.07, 6.45) is -0.509. The molecular weight excluding hydrogens is 728 g/mol. The summed E-state index contributed by atoms with van der Waals surface area (Å²) in [7, 11) is 1.23. The highest BCUT2D eigenvalue weighted by Gasteiger charge is 2.93. The van der Waals surface area contributed by atoms with Gasteiger partial charge in [-0.2, -0.15) is 0 Å². The lowest BCUT2D eigenvalue weighted by molar-refractivity contribution is -0.322. The standard InChI is InChI=1S/C42H56O14/c1-13-21(4)35(46)55-28-18-29(52-22(5)43)39(9,37(48)49-12)27-17-30(53-23(6)44)41(11)34(38(27,28)8)33(54-24(7)45)32(36(47)51-20(2)3)40(10)26(25-14-15-50-19-25)16-31-42(40,41)56-31/h13-15,19-20,26-34H,16-18H2,1-12H3. The first-order valence-corrected chi connectivity index (χ1v) is 19.5. The van der Waals surface area contributed by atoms with Crippen LogP contribution in [-0.2, 0) is 61.9 Å². The first-order chi connectivity index (χ1) is 26.1. The molecule has 4 saturated carbocycles. The SMILES string of the molecule is CC=C(C)C(=O)OC1CC(OC(C)=O)C(C)(C(=O)OC)C2CC(OC(C)=O)C3(C)C(C(OC(C)=O)C(C(=O)OC(C)C)C4(C)C(c5ccoc5)CC5OC543)C12C. The minimum Gasteiger partial charge on any atom is -0.472 e. The van der Waals surface area contributed by atoms with E-state index in [1.807, 2.05) is 26.8 Å². The number of furan rings is 1. The number of hydrogen-bond acceptors (Lipinski definition) is 14. The Morgan fingerprint density at radius 2 is 1.45 bits per heavy atom. The Morgan fingerprint density at radius 3 is 1.98 bits per heavy atom. The average molecular weight is 785 g/mol. The molecule has 56 heavy (non-hydrogen) atoms. The number of rotatable bonds is 9. The van der Waals surface area contributed by atoms with E-state index in [2.05, 4.69) is 0 Å². The van der Waals surface area contributed by atoms with Gasteiger partial charge in [0.2, 0.25) is 0 Å². The van der Waals surface area contributed by atoms with Gasteiger partial charge in [-0.25, -0.2) is 4.79 Å². The van der Waals surface area contributed by atoms with Crippen LogP contribution < -0.4 is 0 Å². The third kappa shape index (κ3) is 5.58. The molecule has 14 atom stereocenters. The van der Waals surface area contributed by atoms with Crippen molar-refractivity contribution in [2.75, 3.05) is 7.11 Å². The number of esters is 6. The van der Waals surface area contributed by atoms with Gasteiger partial charge in [0.15, 0.2) is 0 Å². The monoisotopic (exact) mass is 784 g/mol. The fourth-order valence-corrected chi connectivity index (χ4v) is 12.5. The zero-order valence-electron chi connectivity index (χ0n) is 34.4. The maximum absolute atomic E-state index is 15.0. The highest BCUT2D eigenvalue weighted by molar-refractivity contribution is 5.88. The Kier molecular flexibility index (Phi) is 10.4. The van der Waals surface area contributed by atoms with Crippen molar-refractivity contribution in [3.05, 3.63) is 35.8 Å². The topological polar surface area (TPSA) is 183 Å². The minimum atomic E-state index is -1.63. The molecule has 1 aliphatic heterocycles. The molecule has 14 unspecified atom stereocenters. The molecule has 1 aromatic rings. The van der Waals surface area contributed by atoms with Crippen molar-refractivity contribution >= 4 is 35.8 Å². The summed E-state index contributed by atoms with van der Waals surface area (Å²) in [5, 5.41) is 0. The van der Waals surface area contributed by atoms with E-state index in [-0.39, 0.29) is 18.8 Å². The van der Waals surface area contributed by atoms with Crippen LogP contribution in [0.2, 0.25) is 0 Å². The molecule has 0 aromatic carbocycles. The summed E-state index contributed by atoms with van der Waals surface area (Å²) in [6, 6.07) is 1.84. The van der Waals surface area contributed by atoms with E-state index in [4.69, 9.17) is 37.6 Å². The molecule has 14 nitrogen and oxygen atoms in total. The largest absolute Gasteiger partial charge is 0.472 e. The van der Waals surface area contributed by atoms with Gasteiger partial charge >= 0.3 is 35.8 Å². The Balaban J connectivity index is 1.73. The average Bonchev–Trinajstić information content (AvgIpc) is 3.46. The molecule has 1 saturated heterocycles. The number of fused-ring (bicyclic) bond motifs is 3. The molecule has 5 fully saturated rings. The zero-order valence-corrected chi connectivity index (χ0v) is 34.4. The van der Waals surface area contributed by atoms with Crippen LogP contribution >= 0.6 is 0 Å². The molecule has 5 aliphatic rings. The van der Waals surface area contributed by atoms with Crippen LogP contribution in [0.5, 0.6) is 0 Å². The predicted octanol–water partition coefficient (Wildman–Crippen LogP) is 5.40. The summed E-state index contributed by atoms with van der Waals surface area (Å²) >= 11 is 0. The van der Waals surface area contributed by atoms with Gasteiger partial charge in [0.05, 0.1) is 31.8 Å². The first-order valence-electron chi connectivity index (χ1n) is 19.5. The minimum absolute atomic E-state index is 0.00127. The van der Waals surface area contributed by atoms with Gasteiger partial charge in [-0.15, -0.1) is 0 Å². The molecule has 308 valence electrons. The summed E-state index contributed by atoms with van der Waals surface area (Å²) in [6.45, 7) is 17.9. The van der Waals surface area contributed by atoms with Crippen molar-refractivity contribution in [1.29, 1.82) is 0 Å². The van der Waals surface area contributed by atoms with Crippen LogP contribution in [0.25, 0.3) is 0 Å². The van der Waals surface area contributed by atoms with Gasteiger partial charge in [-0.1, -0.05) is 26.8 Å². The van der Waals surface area contributed by atoms with Crippen LogP contribution in [0.1, 0.15) is 107 Å². The molecule has 4 aliphatic carbocycles. The predicted molar refractivity (Wildman–Crippen MR) is 195 cm³/mol. The van der Waals surface area contributed by atoms with Crippen molar-refractivity contribution < 1.29 is 66.3 Å². The lowest BCUT2D eigenvalue weighted by Gasteiger charge is -2.72. The van der Waals surface area contributed by atoms with Crippen LogP contribution in [0.15, 0.2) is 34.7 Å². The molecular formula is C42H56O14. The fraction of sp³-hybridized carbons (Fsp3) is 0.714. The van der Waals surface area contributed by atoms with Gasteiger partial charge < -0.3 is 37.6 Å². The number of carbonyl (C=O) groups is 6. The van der Waals surface area contributed by atoms with E-state index in [9.17, 15) is 28.8 Å². The lowest BCUT2D eigenvalue weighted by Crippen LogP contribution is -2.80. The van der Waals surface area contributed by atoms with Crippen molar-refractivity contribution in [2.24, 2.45) is 39.4 Å². The molecule has 14 heteroatoms. The number of allylic oxidation sites excluding steroid dienone is 1. The molecule has 6 rings (SSSR count). The first kappa shape index (κ1) is 41.4. The van der Waals surface area contributed by atoms with E-state index in [1.54, 1.807) is 53.2 Å². The second-order valence-corrected chi connectivity index (χ2v) is 17.5. The molecule has 0 bridgehead atoms. The quantitative estimate of drug-likeness (QED) is 0.134. The smallest absolute Gasteiger partial charge is 0.333 e. The number of methoxy groups -OCH3 is 1. The van der Waals surface area contributed by atoms with E-state index in [1.165, 1.54) is 27.9 Å². The van der Waals surface area contributed by atoms with Crippen LogP contribution in [-0.4, -0.2) is 85.2 Å². The van der Waals surface area contributed by atoms with Gasteiger partial charge in [0.25, 0.3) is 0 Å². The molecule has 0 amide bonds. The van der Waals surface area contributed by atoms with Crippen molar-refractivity contribution in [3.8, 4) is 0 Å². The van der Waals surface area contributed by atoms with Crippen molar-refractivity contribution in [1.82, 2.24) is 0 Å². The Bertz CT molecular complexity index is 1820. The van der Waals surface area contributed by atoms with Gasteiger partial charge in [0, 0.05) is 54.9 Å². The summed E-state index contributed by atoms with van der Waals surface area (Å²) in [5.74, 6) is -7.46. The van der Waals surface area contributed by atoms with Gasteiger partial charge in [-0.05, 0) is 70.9 Å². The highest BCUT2D eigenvalue weighted by Crippen LogP contribution is 2.84. The van der Waals surface area contributed by atoms with E-state index in [0.29, 0.717) is 12.0 Å². The molecule has 0 N–H and O–H groups in total. The molecule has 2 heterocycles. The summed E-state index contributed by atoms with van der Waals surface area (Å²) in [4.78, 5) is 82.7. The summed E-state index contributed by atoms with van der Waals surface area (Å²) in [5.41, 5.74) is -5.53. The molecule has 0 radical (unpaired) electrons. The van der Waals surface area contributed by atoms with E-state index < -0.39 is 117 Å². The summed E-state index contributed by atoms with van der Waals surface area (Å²) < 4.78 is 49.2. The van der Waals surface area contributed by atoms with Crippen molar-refractivity contribution in [3.63, 3.8) is 0 Å². The maximum atomic E-state index is 15.0. The third-order valence-corrected chi connectivity index (χ3v) is 14.6. The fourth-order valence-electron chi connectivity index (χ4n) is 12.5. The number of epoxide rings is 1. The Labute approximate surface area is 327 Å². The lowest BCUT2D eigenvalue weighted by atomic mass is 9.32. The van der Waals surface area contributed by atoms with Gasteiger partial charge in [-0.3, -0.25) is 24.0 Å². The molecule has 1 aromatic heterocycles. The highest BCUT2D eigenvalue weighted by atomic mass is 16.6. The number of carbonyl (C=O) groups excluding carboxylic acids is 6. The normalized spacial score (nSPS) is 42.2. The Hall–Kier alpha value is -4.20. The Morgan fingerprint density at radius 1 is 0.821 bits per heavy atom. The van der Waals surface area contributed by atoms with E-state index in [0.717, 1.165) is 5.56 Å². The number of ether oxygens (including phenoxy) is 7. The van der Waals surface area contributed by atoms with Crippen LogP contribution in [0, 0.1) is 39.4 Å². The van der Waals surface area contributed by atoms with Gasteiger partial charge in [0.1, 0.15) is 41.3 Å². The zero-order chi connectivity index (χ0) is 41.5. The molecule has 1 spiro atoms. The van der Waals surface area contributed by atoms with Crippen LogP contribution in [0.3, 0.4) is 0 Å².